The van der Waals surface area contributed by atoms with Gasteiger partial charge >= 0.3 is 12.4 Å². The number of carbonyl (C=O) groups excluding carboxylic acids is 2. The fourth-order valence-corrected chi connectivity index (χ4v) is 4.22. The smallest absolute Gasteiger partial charge is 0.352 e. The number of carbonyl (C=O) groups is 2. The van der Waals surface area contributed by atoms with E-state index >= 15 is 0 Å². The van der Waals surface area contributed by atoms with Crippen LogP contribution < -0.4 is 16.0 Å². The van der Waals surface area contributed by atoms with Crippen LogP contribution in [0.15, 0.2) is 18.2 Å². The summed E-state index contributed by atoms with van der Waals surface area (Å²) in [5, 5.41) is 8.30. The molecule has 3 N–H and O–H groups in total. The van der Waals surface area contributed by atoms with Gasteiger partial charge in [0.05, 0.1) is 17.2 Å². The predicted molar refractivity (Wildman–Crippen MR) is 105 cm³/mol. The molecule has 2 fully saturated rings. The Labute approximate surface area is 181 Å². The Hall–Kier alpha value is -2.30. The van der Waals surface area contributed by atoms with Crippen molar-refractivity contribution in [3.8, 4) is 0 Å². The van der Waals surface area contributed by atoms with Gasteiger partial charge in [-0.1, -0.05) is 0 Å². The first kappa shape index (κ1) is 24.3. The maximum atomic E-state index is 13.0. The largest absolute Gasteiger partial charge is 0.416 e. The Bertz CT molecular complexity index is 794. The number of rotatable bonds is 5. The summed E-state index contributed by atoms with van der Waals surface area (Å²) in [5.41, 5.74) is -3.49. The molecule has 0 spiro atoms. The number of hydrogen-bond acceptors (Lipinski definition) is 3. The first-order valence-corrected chi connectivity index (χ1v) is 10.5. The molecule has 1 aromatic carbocycles. The van der Waals surface area contributed by atoms with Gasteiger partial charge in [-0.3, -0.25) is 9.59 Å². The van der Waals surface area contributed by atoms with Crippen LogP contribution in [0, 0.1) is 5.92 Å². The molecule has 0 bridgehead atoms. The molecule has 178 valence electrons. The molecule has 2 amide bonds. The van der Waals surface area contributed by atoms with Crippen LogP contribution in [-0.2, 0) is 21.9 Å². The van der Waals surface area contributed by atoms with Gasteiger partial charge in [-0.25, -0.2) is 0 Å². The lowest BCUT2D eigenvalue weighted by molar-refractivity contribution is -0.143. The van der Waals surface area contributed by atoms with Crippen molar-refractivity contribution in [2.24, 2.45) is 5.92 Å². The van der Waals surface area contributed by atoms with Gasteiger partial charge in [0.15, 0.2) is 0 Å². The second kappa shape index (κ2) is 9.68. The molecule has 1 saturated heterocycles. The highest BCUT2D eigenvalue weighted by Gasteiger charge is 2.37. The Morgan fingerprint density at radius 1 is 0.906 bits per heavy atom. The average Bonchev–Trinajstić information content (AvgIpc) is 3.23. The minimum atomic E-state index is -4.97. The fourth-order valence-electron chi connectivity index (χ4n) is 4.22. The van der Waals surface area contributed by atoms with Crippen molar-refractivity contribution >= 4 is 17.5 Å². The summed E-state index contributed by atoms with van der Waals surface area (Å²) in [7, 11) is 0. The number of anilines is 1. The number of benzene rings is 1. The molecule has 1 heterocycles. The molecule has 1 aliphatic heterocycles. The standard InChI is InChI=1S/C21H25F6N3O2/c22-20(23,24)13-9-14(21(25,26)27)11-16(10-13)29-18(31)8-12-3-5-15(6-4-12)30-19(32)17-2-1-7-28-17/h9-12,15,17,28H,1-8H2,(H,29,31)(H,30,32)/t12?,15?,17-/m0/s1. The van der Waals surface area contributed by atoms with Gasteiger partial charge in [0.1, 0.15) is 0 Å². The van der Waals surface area contributed by atoms with E-state index in [0.717, 1.165) is 19.4 Å². The van der Waals surface area contributed by atoms with Crippen LogP contribution >= 0.6 is 0 Å². The third-order valence-corrected chi connectivity index (χ3v) is 5.92. The first-order chi connectivity index (χ1) is 14.9. The topological polar surface area (TPSA) is 70.2 Å². The number of amides is 2. The van der Waals surface area contributed by atoms with Gasteiger partial charge in [0, 0.05) is 18.2 Å². The summed E-state index contributed by atoms with van der Waals surface area (Å²) in [4.78, 5) is 24.5. The second-order valence-electron chi connectivity index (χ2n) is 8.42. The molecule has 11 heteroatoms. The van der Waals surface area contributed by atoms with E-state index in [4.69, 9.17) is 0 Å². The molecule has 3 rings (SSSR count). The average molecular weight is 465 g/mol. The van der Waals surface area contributed by atoms with Gasteiger partial charge in [-0.05, 0) is 69.2 Å². The van der Waals surface area contributed by atoms with Crippen molar-refractivity contribution in [3.63, 3.8) is 0 Å². The van der Waals surface area contributed by atoms with Crippen LogP contribution in [0.1, 0.15) is 56.1 Å². The molecule has 1 atom stereocenters. The maximum absolute atomic E-state index is 13.0. The van der Waals surface area contributed by atoms with E-state index < -0.39 is 35.1 Å². The van der Waals surface area contributed by atoms with Gasteiger partial charge in [-0.15, -0.1) is 0 Å². The van der Waals surface area contributed by atoms with Crippen molar-refractivity contribution in [1.29, 1.82) is 0 Å². The highest BCUT2D eigenvalue weighted by Crippen LogP contribution is 2.37. The zero-order chi connectivity index (χ0) is 23.5. The Morgan fingerprint density at radius 2 is 1.50 bits per heavy atom. The maximum Gasteiger partial charge on any atom is 0.416 e. The number of hydrogen-bond donors (Lipinski definition) is 3. The van der Waals surface area contributed by atoms with Gasteiger partial charge in [0.25, 0.3) is 0 Å². The van der Waals surface area contributed by atoms with E-state index in [0.29, 0.717) is 37.8 Å². The van der Waals surface area contributed by atoms with Gasteiger partial charge in [0.2, 0.25) is 11.8 Å². The SMILES string of the molecule is O=C(CC1CCC(NC(=O)[C@@H]2CCCN2)CC1)Nc1cc(C(F)(F)F)cc(C(F)(F)F)c1. The molecular weight excluding hydrogens is 440 g/mol. The van der Waals surface area contributed by atoms with Crippen LogP contribution in [0.4, 0.5) is 32.0 Å². The molecule has 1 aliphatic carbocycles. The molecule has 1 aromatic rings. The lowest BCUT2D eigenvalue weighted by Gasteiger charge is -2.29. The van der Waals surface area contributed by atoms with Gasteiger partial charge in [-0.2, -0.15) is 26.3 Å². The van der Waals surface area contributed by atoms with E-state index in [1.807, 2.05) is 0 Å². The monoisotopic (exact) mass is 465 g/mol. The molecule has 32 heavy (non-hydrogen) atoms. The summed E-state index contributed by atoms with van der Waals surface area (Å²) >= 11 is 0. The highest BCUT2D eigenvalue weighted by atomic mass is 19.4. The summed E-state index contributed by atoms with van der Waals surface area (Å²) in [5.74, 6) is -0.727. The van der Waals surface area contributed by atoms with Crippen LogP contribution in [0.5, 0.6) is 0 Å². The molecule has 5 nitrogen and oxygen atoms in total. The van der Waals surface area contributed by atoms with E-state index in [1.165, 1.54) is 0 Å². The van der Waals surface area contributed by atoms with Crippen molar-refractivity contribution in [2.45, 2.75) is 69.4 Å². The zero-order valence-corrected chi connectivity index (χ0v) is 17.2. The van der Waals surface area contributed by atoms with Gasteiger partial charge < -0.3 is 16.0 Å². The third kappa shape index (κ3) is 6.60. The minimum Gasteiger partial charge on any atom is -0.352 e. The summed E-state index contributed by atoms with van der Waals surface area (Å²) < 4.78 is 77.7. The number of halogens is 6. The van der Waals surface area contributed by atoms with E-state index in [-0.39, 0.29) is 36.4 Å². The summed E-state index contributed by atoms with van der Waals surface area (Å²) in [6, 6.07) is 0.842. The lowest BCUT2D eigenvalue weighted by Crippen LogP contribution is -2.46. The molecule has 0 radical (unpaired) electrons. The van der Waals surface area contributed by atoms with Crippen LogP contribution in [0.3, 0.4) is 0 Å². The molecule has 0 unspecified atom stereocenters. The quantitative estimate of drug-likeness (QED) is 0.562. The summed E-state index contributed by atoms with van der Waals surface area (Å²) in [6.45, 7) is 0.816. The fraction of sp³-hybridized carbons (Fsp3) is 0.619. The number of nitrogens with one attached hydrogen (secondary N) is 3. The Balaban J connectivity index is 1.53. The van der Waals surface area contributed by atoms with Crippen molar-refractivity contribution in [1.82, 2.24) is 10.6 Å². The minimum absolute atomic E-state index is 0.00187. The molecule has 1 saturated carbocycles. The first-order valence-electron chi connectivity index (χ1n) is 10.5. The molecular formula is C21H25F6N3O2. The van der Waals surface area contributed by atoms with Crippen LogP contribution in [-0.4, -0.2) is 30.4 Å². The second-order valence-corrected chi connectivity index (χ2v) is 8.42. The van der Waals surface area contributed by atoms with Crippen LogP contribution in [0.25, 0.3) is 0 Å². The van der Waals surface area contributed by atoms with E-state index in [2.05, 4.69) is 16.0 Å². The lowest BCUT2D eigenvalue weighted by atomic mass is 9.84. The highest BCUT2D eigenvalue weighted by molar-refractivity contribution is 5.91. The molecule has 2 aliphatic rings. The van der Waals surface area contributed by atoms with E-state index in [9.17, 15) is 35.9 Å². The third-order valence-electron chi connectivity index (χ3n) is 5.92. The van der Waals surface area contributed by atoms with Crippen molar-refractivity contribution in [3.05, 3.63) is 29.3 Å². The predicted octanol–water partition coefficient (Wildman–Crippen LogP) is 4.48. The Kier molecular flexibility index (Phi) is 7.36. The van der Waals surface area contributed by atoms with Crippen molar-refractivity contribution in [2.75, 3.05) is 11.9 Å². The van der Waals surface area contributed by atoms with Crippen molar-refractivity contribution < 1.29 is 35.9 Å². The number of alkyl halides is 6. The normalized spacial score (nSPS) is 24.2. The Morgan fingerprint density at radius 3 is 2.00 bits per heavy atom. The summed E-state index contributed by atoms with van der Waals surface area (Å²) in [6.07, 6.45) is -5.61. The molecule has 0 aromatic heterocycles. The van der Waals surface area contributed by atoms with Crippen LogP contribution in [0.2, 0.25) is 0 Å². The zero-order valence-electron chi connectivity index (χ0n) is 17.2. The van der Waals surface area contributed by atoms with E-state index in [1.54, 1.807) is 0 Å².